The number of rotatable bonds is 5. The van der Waals surface area contributed by atoms with Crippen molar-refractivity contribution in [3.63, 3.8) is 0 Å². The molecule has 0 aromatic carbocycles. The Morgan fingerprint density at radius 1 is 1.12 bits per heavy atom. The lowest BCUT2D eigenvalue weighted by Gasteiger charge is -2.56. The van der Waals surface area contributed by atoms with Gasteiger partial charge in [0, 0.05) is 25.7 Å². The van der Waals surface area contributed by atoms with Crippen LogP contribution in [0.15, 0.2) is 18.3 Å². The van der Waals surface area contributed by atoms with E-state index in [2.05, 4.69) is 4.98 Å². The Morgan fingerprint density at radius 2 is 1.69 bits per heavy atom. The van der Waals surface area contributed by atoms with Crippen LogP contribution in [-0.2, 0) is 9.53 Å². The molecule has 26 heavy (non-hydrogen) atoms. The van der Waals surface area contributed by atoms with Crippen LogP contribution in [0, 0.1) is 23.2 Å². The minimum Gasteiger partial charge on any atom is -0.451 e. The van der Waals surface area contributed by atoms with Crippen LogP contribution < -0.4 is 4.90 Å². The molecule has 4 bridgehead atoms. The number of nitrogens with zero attached hydrogens (tertiary/aromatic N) is 2. The van der Waals surface area contributed by atoms with E-state index in [-0.39, 0.29) is 11.2 Å². The third-order valence-corrected chi connectivity index (χ3v) is 6.66. The van der Waals surface area contributed by atoms with E-state index in [4.69, 9.17) is 4.74 Å². The molecule has 4 aliphatic rings. The van der Waals surface area contributed by atoms with E-state index in [1.54, 1.807) is 19.1 Å². The molecule has 0 saturated heterocycles. The minimum absolute atomic E-state index is 0.142. The summed E-state index contributed by atoms with van der Waals surface area (Å²) in [6.45, 7) is 1.74. The summed E-state index contributed by atoms with van der Waals surface area (Å²) in [7, 11) is 3.79. The Bertz CT molecular complexity index is 675. The van der Waals surface area contributed by atoms with Gasteiger partial charge < -0.3 is 9.64 Å². The Morgan fingerprint density at radius 3 is 2.15 bits per heavy atom. The lowest BCUT2D eigenvalue weighted by Crippen LogP contribution is -2.52. The highest BCUT2D eigenvalue weighted by atomic mass is 16.5. The quantitative estimate of drug-likeness (QED) is 0.756. The van der Waals surface area contributed by atoms with Crippen LogP contribution in [0.1, 0.15) is 55.8 Å². The molecule has 5 nitrogen and oxygen atoms in total. The van der Waals surface area contributed by atoms with E-state index < -0.39 is 12.1 Å². The molecule has 1 aromatic rings. The van der Waals surface area contributed by atoms with Crippen molar-refractivity contribution in [1.29, 1.82) is 0 Å². The van der Waals surface area contributed by atoms with Gasteiger partial charge in [-0.3, -0.25) is 4.79 Å². The summed E-state index contributed by atoms with van der Waals surface area (Å²) >= 11 is 0. The van der Waals surface area contributed by atoms with Gasteiger partial charge in [0.2, 0.25) is 0 Å². The zero-order valence-electron chi connectivity index (χ0n) is 15.9. The van der Waals surface area contributed by atoms with Gasteiger partial charge >= 0.3 is 5.97 Å². The second-order valence-electron chi connectivity index (χ2n) is 8.91. The number of ketones is 1. The molecule has 0 N–H and O–H groups in total. The lowest BCUT2D eigenvalue weighted by molar-refractivity contribution is -0.152. The van der Waals surface area contributed by atoms with Crippen LogP contribution in [0.25, 0.3) is 0 Å². The molecule has 0 spiro atoms. The summed E-state index contributed by atoms with van der Waals surface area (Å²) in [5, 5.41) is 0. The molecule has 0 amide bonds. The van der Waals surface area contributed by atoms with Crippen LogP contribution >= 0.6 is 0 Å². The Balaban J connectivity index is 1.43. The maximum absolute atomic E-state index is 13.2. The molecule has 5 rings (SSSR count). The fourth-order valence-electron chi connectivity index (χ4n) is 5.90. The van der Waals surface area contributed by atoms with Crippen molar-refractivity contribution in [2.75, 3.05) is 19.0 Å². The smallest absolute Gasteiger partial charge is 0.340 e. The van der Waals surface area contributed by atoms with E-state index in [1.807, 2.05) is 19.0 Å². The van der Waals surface area contributed by atoms with E-state index in [9.17, 15) is 9.59 Å². The van der Waals surface area contributed by atoms with E-state index in [0.29, 0.717) is 23.3 Å². The largest absolute Gasteiger partial charge is 0.451 e. The molecule has 5 heteroatoms. The molecule has 4 aliphatic carbocycles. The Kier molecular flexibility index (Phi) is 4.28. The number of hydrogen-bond donors (Lipinski definition) is 0. The van der Waals surface area contributed by atoms with Crippen molar-refractivity contribution in [2.24, 2.45) is 23.2 Å². The minimum atomic E-state index is -0.688. The Hall–Kier alpha value is -1.91. The summed E-state index contributed by atoms with van der Waals surface area (Å²) in [6, 6.07) is 3.48. The number of Topliss-reactive ketones (excluding diaryl/α,β-unsaturated/α-hetero) is 1. The van der Waals surface area contributed by atoms with Crippen LogP contribution in [0.3, 0.4) is 0 Å². The SMILES string of the molecule is CC(OC(=O)c1ccc(N(C)C)nc1)C(=O)C12CC3CC(CC(C3)C1)C2. The second kappa shape index (κ2) is 6.36. The van der Waals surface area contributed by atoms with Crippen molar-refractivity contribution in [3.8, 4) is 0 Å². The summed E-state index contributed by atoms with van der Waals surface area (Å²) in [6.07, 6.45) is 7.71. The monoisotopic (exact) mass is 356 g/mol. The number of anilines is 1. The van der Waals surface area contributed by atoms with Gasteiger partial charge in [0.25, 0.3) is 0 Å². The highest BCUT2D eigenvalue weighted by molar-refractivity contribution is 5.94. The van der Waals surface area contributed by atoms with Crippen molar-refractivity contribution in [3.05, 3.63) is 23.9 Å². The van der Waals surface area contributed by atoms with Crippen molar-refractivity contribution >= 4 is 17.6 Å². The van der Waals surface area contributed by atoms with Gasteiger partial charge in [0.15, 0.2) is 11.9 Å². The zero-order chi connectivity index (χ0) is 18.5. The first-order valence-corrected chi connectivity index (χ1v) is 9.75. The number of pyridine rings is 1. The third kappa shape index (κ3) is 3.01. The summed E-state index contributed by atoms with van der Waals surface area (Å²) in [4.78, 5) is 31.8. The first-order valence-electron chi connectivity index (χ1n) is 9.75. The number of carbonyl (C=O) groups excluding carboxylic acids is 2. The fourth-order valence-corrected chi connectivity index (χ4v) is 5.90. The number of carbonyl (C=O) groups is 2. The van der Waals surface area contributed by atoms with Gasteiger partial charge in [-0.05, 0) is 75.3 Å². The molecule has 4 saturated carbocycles. The maximum atomic E-state index is 13.2. The lowest BCUT2D eigenvalue weighted by atomic mass is 9.48. The van der Waals surface area contributed by atoms with Crippen molar-refractivity contribution in [2.45, 2.75) is 51.6 Å². The van der Waals surface area contributed by atoms with Gasteiger partial charge in [-0.25, -0.2) is 9.78 Å². The summed E-state index contributed by atoms with van der Waals surface area (Å²) < 4.78 is 5.55. The molecule has 140 valence electrons. The standard InChI is InChI=1S/C21H28N2O3/c1-13(26-20(25)17-4-5-18(22-12-17)23(2)3)19(24)21-9-14-6-15(10-21)8-16(7-14)11-21/h4-5,12-16H,6-11H2,1-3H3. The van der Waals surface area contributed by atoms with Gasteiger partial charge in [-0.1, -0.05) is 0 Å². The number of ether oxygens (including phenoxy) is 1. The third-order valence-electron chi connectivity index (χ3n) is 6.66. The summed E-state index contributed by atoms with van der Waals surface area (Å²) in [5.41, 5.74) is 0.155. The van der Waals surface area contributed by atoms with Crippen molar-refractivity contribution < 1.29 is 14.3 Å². The molecule has 1 heterocycles. The summed E-state index contributed by atoms with van der Waals surface area (Å²) in [5.74, 6) is 2.57. The molecule has 0 aliphatic heterocycles. The first-order chi connectivity index (χ1) is 12.4. The van der Waals surface area contributed by atoms with Gasteiger partial charge in [-0.15, -0.1) is 0 Å². The van der Waals surface area contributed by atoms with E-state index >= 15 is 0 Å². The van der Waals surface area contributed by atoms with E-state index in [0.717, 1.165) is 25.1 Å². The molecule has 1 atom stereocenters. The predicted molar refractivity (Wildman–Crippen MR) is 99.1 cm³/mol. The van der Waals surface area contributed by atoms with E-state index in [1.165, 1.54) is 25.5 Å². The first kappa shape index (κ1) is 17.5. The van der Waals surface area contributed by atoms with Crippen LogP contribution in [0.5, 0.6) is 0 Å². The van der Waals surface area contributed by atoms with Crippen LogP contribution in [0.2, 0.25) is 0 Å². The average Bonchev–Trinajstić information content (AvgIpc) is 2.59. The van der Waals surface area contributed by atoms with Gasteiger partial charge in [0.05, 0.1) is 5.56 Å². The zero-order valence-corrected chi connectivity index (χ0v) is 15.9. The number of hydrogen-bond acceptors (Lipinski definition) is 5. The normalized spacial score (nSPS) is 33.0. The molecule has 1 aromatic heterocycles. The predicted octanol–water partition coefficient (Wildman–Crippen LogP) is 3.48. The Labute approximate surface area is 155 Å². The van der Waals surface area contributed by atoms with Gasteiger partial charge in [0.1, 0.15) is 5.82 Å². The fraction of sp³-hybridized carbons (Fsp3) is 0.667. The molecule has 0 radical (unpaired) electrons. The topological polar surface area (TPSA) is 59.5 Å². The average molecular weight is 356 g/mol. The molecular weight excluding hydrogens is 328 g/mol. The molecule has 1 unspecified atom stereocenters. The highest BCUT2D eigenvalue weighted by Crippen LogP contribution is 2.60. The number of esters is 1. The number of aromatic nitrogens is 1. The molecular formula is C21H28N2O3. The second-order valence-corrected chi connectivity index (χ2v) is 8.91. The van der Waals surface area contributed by atoms with Crippen LogP contribution in [0.4, 0.5) is 5.82 Å². The van der Waals surface area contributed by atoms with Crippen LogP contribution in [-0.4, -0.2) is 36.9 Å². The molecule has 4 fully saturated rings. The maximum Gasteiger partial charge on any atom is 0.340 e. The van der Waals surface area contributed by atoms with Gasteiger partial charge in [-0.2, -0.15) is 0 Å². The highest BCUT2D eigenvalue weighted by Gasteiger charge is 2.55. The van der Waals surface area contributed by atoms with Crippen molar-refractivity contribution in [1.82, 2.24) is 4.98 Å².